The third kappa shape index (κ3) is 4.20. The van der Waals surface area contributed by atoms with Gasteiger partial charge in [0.05, 0.1) is 36.2 Å². The van der Waals surface area contributed by atoms with E-state index in [0.29, 0.717) is 11.4 Å². The van der Waals surface area contributed by atoms with Crippen LogP contribution in [-0.4, -0.2) is 21.6 Å². The second-order valence-electron chi connectivity index (χ2n) is 4.88. The molecule has 1 aromatic carbocycles. The van der Waals surface area contributed by atoms with Crippen LogP contribution >= 0.6 is 11.8 Å². The molecule has 7 heteroatoms. The quantitative estimate of drug-likeness (QED) is 0.696. The topological polar surface area (TPSA) is 68.0 Å². The van der Waals surface area contributed by atoms with Crippen molar-refractivity contribution in [1.82, 2.24) is 15.3 Å². The number of benzene rings is 1. The number of hydrogen-bond donors (Lipinski definition) is 1. The third-order valence-electron chi connectivity index (χ3n) is 3.21. The molecule has 0 aliphatic heterocycles. The molecular formula is C17H14FN3O2S. The molecule has 0 aliphatic rings. The van der Waals surface area contributed by atoms with Crippen LogP contribution in [-0.2, 0) is 11.3 Å². The van der Waals surface area contributed by atoms with Crippen LogP contribution in [0.3, 0.4) is 0 Å². The van der Waals surface area contributed by atoms with Crippen LogP contribution in [0, 0.1) is 5.82 Å². The Kier molecular flexibility index (Phi) is 5.22. The molecule has 2 aromatic heterocycles. The van der Waals surface area contributed by atoms with Crippen LogP contribution in [0.2, 0.25) is 0 Å². The lowest BCUT2D eigenvalue weighted by atomic mass is 10.2. The molecule has 0 atom stereocenters. The third-order valence-corrected chi connectivity index (χ3v) is 4.22. The molecule has 0 unspecified atom stereocenters. The summed E-state index contributed by atoms with van der Waals surface area (Å²) in [5, 5.41) is 2.82. The fourth-order valence-corrected chi connectivity index (χ4v) is 2.78. The van der Waals surface area contributed by atoms with E-state index in [1.54, 1.807) is 43.1 Å². The minimum atomic E-state index is -0.293. The van der Waals surface area contributed by atoms with Crippen molar-refractivity contribution in [3.8, 4) is 11.3 Å². The van der Waals surface area contributed by atoms with E-state index in [1.807, 2.05) is 0 Å². The Morgan fingerprint density at radius 2 is 1.96 bits per heavy atom. The summed E-state index contributed by atoms with van der Waals surface area (Å²) in [7, 11) is 0. The Hall–Kier alpha value is -2.67. The predicted octanol–water partition coefficient (Wildman–Crippen LogP) is 3.28. The minimum Gasteiger partial charge on any atom is -0.472 e. The molecule has 1 N–H and O–H groups in total. The van der Waals surface area contributed by atoms with E-state index >= 15 is 0 Å². The summed E-state index contributed by atoms with van der Waals surface area (Å²) in [6.45, 7) is 0.275. The van der Waals surface area contributed by atoms with E-state index in [-0.39, 0.29) is 24.0 Å². The molecule has 0 saturated carbocycles. The lowest BCUT2D eigenvalue weighted by Gasteiger charge is -2.07. The maximum absolute atomic E-state index is 12.8. The molecule has 3 aromatic rings. The van der Waals surface area contributed by atoms with Crippen molar-refractivity contribution in [2.75, 3.05) is 5.75 Å². The van der Waals surface area contributed by atoms with E-state index < -0.39 is 0 Å². The number of rotatable bonds is 6. The molecule has 0 saturated heterocycles. The lowest BCUT2D eigenvalue weighted by Crippen LogP contribution is -2.25. The van der Waals surface area contributed by atoms with E-state index in [4.69, 9.17) is 4.42 Å². The smallest absolute Gasteiger partial charge is 0.230 e. The van der Waals surface area contributed by atoms with E-state index in [0.717, 1.165) is 10.5 Å². The standard InChI is InChI=1S/C17H14FN3O2S/c18-13-1-3-14(4-2-13)24-11-16(22)21-9-15-17(20-7-6-19-15)12-5-8-23-10-12/h1-8,10H,9,11H2,(H,21,22). The van der Waals surface area contributed by atoms with Gasteiger partial charge in [0.15, 0.2) is 0 Å². The number of aromatic nitrogens is 2. The number of hydrogen-bond acceptors (Lipinski definition) is 5. The van der Waals surface area contributed by atoms with Crippen LogP contribution < -0.4 is 5.32 Å². The average molecular weight is 343 g/mol. The number of thioether (sulfide) groups is 1. The van der Waals surface area contributed by atoms with Gasteiger partial charge in [0.25, 0.3) is 0 Å². The highest BCUT2D eigenvalue weighted by molar-refractivity contribution is 8.00. The summed E-state index contributed by atoms with van der Waals surface area (Å²) in [6.07, 6.45) is 6.32. The first-order valence-electron chi connectivity index (χ1n) is 7.20. The number of carbonyl (C=O) groups excluding carboxylic acids is 1. The SMILES string of the molecule is O=C(CSc1ccc(F)cc1)NCc1nccnc1-c1ccoc1. The summed E-state index contributed by atoms with van der Waals surface area (Å²) < 4.78 is 17.9. The normalized spacial score (nSPS) is 10.5. The van der Waals surface area contributed by atoms with E-state index in [1.165, 1.54) is 23.9 Å². The number of nitrogens with one attached hydrogen (secondary N) is 1. The van der Waals surface area contributed by atoms with Crippen LogP contribution in [0.25, 0.3) is 11.3 Å². The summed E-state index contributed by atoms with van der Waals surface area (Å²) in [6, 6.07) is 7.83. The van der Waals surface area contributed by atoms with Gasteiger partial charge in [-0.2, -0.15) is 0 Å². The van der Waals surface area contributed by atoms with Crippen LogP contribution in [0.5, 0.6) is 0 Å². The van der Waals surface area contributed by atoms with Gasteiger partial charge in [-0.05, 0) is 30.3 Å². The molecule has 5 nitrogen and oxygen atoms in total. The zero-order valence-corrected chi connectivity index (χ0v) is 13.4. The van der Waals surface area contributed by atoms with Crippen LogP contribution in [0.4, 0.5) is 4.39 Å². The number of amides is 1. The first-order valence-corrected chi connectivity index (χ1v) is 8.18. The zero-order valence-electron chi connectivity index (χ0n) is 12.6. The van der Waals surface area contributed by atoms with Crippen molar-refractivity contribution in [3.05, 3.63) is 66.8 Å². The first kappa shape index (κ1) is 16.2. The second kappa shape index (κ2) is 7.74. The van der Waals surface area contributed by atoms with Crippen LogP contribution in [0.1, 0.15) is 5.69 Å². The zero-order chi connectivity index (χ0) is 16.8. The Morgan fingerprint density at radius 3 is 2.71 bits per heavy atom. The fourth-order valence-electron chi connectivity index (χ4n) is 2.05. The summed E-state index contributed by atoms with van der Waals surface area (Å²) >= 11 is 1.34. The molecule has 0 radical (unpaired) electrons. The monoisotopic (exact) mass is 343 g/mol. The largest absolute Gasteiger partial charge is 0.472 e. The second-order valence-corrected chi connectivity index (χ2v) is 5.93. The minimum absolute atomic E-state index is 0.131. The Bertz CT molecular complexity index is 807. The molecule has 0 aliphatic carbocycles. The number of carbonyl (C=O) groups is 1. The maximum atomic E-state index is 12.8. The highest BCUT2D eigenvalue weighted by Gasteiger charge is 2.10. The van der Waals surface area contributed by atoms with Gasteiger partial charge in [0.1, 0.15) is 5.82 Å². The maximum Gasteiger partial charge on any atom is 0.230 e. The molecule has 1 amide bonds. The summed E-state index contributed by atoms with van der Waals surface area (Å²) in [5.41, 5.74) is 2.16. The van der Waals surface area contributed by atoms with Gasteiger partial charge in [0.2, 0.25) is 5.91 Å². The molecule has 0 bridgehead atoms. The van der Waals surface area contributed by atoms with Crippen molar-refractivity contribution in [2.24, 2.45) is 0 Å². The highest BCUT2D eigenvalue weighted by Crippen LogP contribution is 2.20. The lowest BCUT2D eigenvalue weighted by molar-refractivity contribution is -0.118. The first-order chi connectivity index (χ1) is 11.7. The van der Waals surface area contributed by atoms with Gasteiger partial charge in [0, 0.05) is 22.9 Å². The number of nitrogens with zero attached hydrogens (tertiary/aromatic N) is 2. The molecule has 24 heavy (non-hydrogen) atoms. The van der Waals surface area contributed by atoms with Gasteiger partial charge >= 0.3 is 0 Å². The molecule has 0 fully saturated rings. The van der Waals surface area contributed by atoms with Crippen molar-refractivity contribution in [1.29, 1.82) is 0 Å². The Balaban J connectivity index is 1.56. The van der Waals surface area contributed by atoms with Crippen LogP contribution in [0.15, 0.2) is 64.6 Å². The Morgan fingerprint density at radius 1 is 1.17 bits per heavy atom. The van der Waals surface area contributed by atoms with Crippen molar-refractivity contribution in [3.63, 3.8) is 0 Å². The van der Waals surface area contributed by atoms with Gasteiger partial charge in [-0.3, -0.25) is 14.8 Å². The number of halogens is 1. The van der Waals surface area contributed by atoms with E-state index in [9.17, 15) is 9.18 Å². The van der Waals surface area contributed by atoms with E-state index in [2.05, 4.69) is 15.3 Å². The van der Waals surface area contributed by atoms with Crippen molar-refractivity contribution < 1.29 is 13.6 Å². The molecular weight excluding hydrogens is 329 g/mol. The van der Waals surface area contributed by atoms with Gasteiger partial charge in [-0.25, -0.2) is 4.39 Å². The van der Waals surface area contributed by atoms with Gasteiger partial charge in [-0.1, -0.05) is 0 Å². The molecule has 122 valence electrons. The molecule has 3 rings (SSSR count). The summed E-state index contributed by atoms with van der Waals surface area (Å²) in [5.74, 6) is -0.182. The van der Waals surface area contributed by atoms with Crippen molar-refractivity contribution >= 4 is 17.7 Å². The van der Waals surface area contributed by atoms with Gasteiger partial charge in [-0.15, -0.1) is 11.8 Å². The average Bonchev–Trinajstić information content (AvgIpc) is 3.14. The fraction of sp³-hybridized carbons (Fsp3) is 0.118. The predicted molar refractivity (Wildman–Crippen MR) is 88.7 cm³/mol. The highest BCUT2D eigenvalue weighted by atomic mass is 32.2. The molecule has 2 heterocycles. The summed E-state index contributed by atoms with van der Waals surface area (Å²) in [4.78, 5) is 21.4. The van der Waals surface area contributed by atoms with Gasteiger partial charge < -0.3 is 9.73 Å². The number of furan rings is 1. The van der Waals surface area contributed by atoms with Crippen molar-refractivity contribution in [2.45, 2.75) is 11.4 Å². The molecule has 0 spiro atoms. The Labute approximate surface area is 142 Å².